The highest BCUT2D eigenvalue weighted by Crippen LogP contribution is 2.47. The number of hydrogen-bond donors (Lipinski definition) is 2. The van der Waals surface area contributed by atoms with Gasteiger partial charge in [0.2, 0.25) is 17.7 Å². The Labute approximate surface area is 225 Å². The molecule has 2 N–H and O–H groups in total. The summed E-state index contributed by atoms with van der Waals surface area (Å²) in [4.78, 5) is 37.6. The van der Waals surface area contributed by atoms with Crippen LogP contribution in [0, 0.1) is 0 Å². The van der Waals surface area contributed by atoms with Crippen LogP contribution in [0.5, 0.6) is 5.88 Å². The first kappa shape index (κ1) is 25.4. The van der Waals surface area contributed by atoms with Gasteiger partial charge >= 0.3 is 0 Å². The first-order valence-electron chi connectivity index (χ1n) is 12.1. The lowest BCUT2D eigenvalue weighted by Gasteiger charge is -2.37. The Morgan fingerprint density at radius 2 is 1.92 bits per heavy atom. The molecule has 2 aliphatic rings. The zero-order valence-electron chi connectivity index (χ0n) is 21.0. The maximum Gasteiger partial charge on any atom is 0.257 e. The van der Waals surface area contributed by atoms with Gasteiger partial charge in [0.25, 0.3) is 5.91 Å². The van der Waals surface area contributed by atoms with Crippen LogP contribution >= 0.6 is 23.2 Å². The molecule has 194 valence electrons. The number of benzene rings is 1. The van der Waals surface area contributed by atoms with E-state index >= 15 is 0 Å². The number of hydrogen-bond acceptors (Lipinski definition) is 6. The number of fused-ring (bicyclic) bond motifs is 1. The first-order chi connectivity index (χ1) is 17.7. The number of aromatic nitrogens is 3. The third-order valence-electron chi connectivity index (χ3n) is 6.84. The molecule has 4 heterocycles. The number of carbonyl (C=O) groups excluding carboxylic acids is 2. The molecule has 9 nitrogen and oxygen atoms in total. The van der Waals surface area contributed by atoms with E-state index in [1.54, 1.807) is 37.4 Å². The van der Waals surface area contributed by atoms with Crippen LogP contribution in [0.1, 0.15) is 54.0 Å². The van der Waals surface area contributed by atoms with Crippen molar-refractivity contribution in [1.29, 1.82) is 0 Å². The third-order valence-corrected chi connectivity index (χ3v) is 7.43. The van der Waals surface area contributed by atoms with E-state index in [1.807, 2.05) is 32.0 Å². The van der Waals surface area contributed by atoms with Gasteiger partial charge in [-0.3, -0.25) is 9.59 Å². The summed E-state index contributed by atoms with van der Waals surface area (Å²) in [6, 6.07) is 7.97. The Kier molecular flexibility index (Phi) is 6.76. The minimum absolute atomic E-state index is 0.0315. The average molecular weight is 543 g/mol. The molecule has 0 saturated carbocycles. The molecule has 5 rings (SSSR count). The van der Waals surface area contributed by atoms with E-state index < -0.39 is 12.1 Å². The minimum atomic E-state index is -0.700. The average Bonchev–Trinajstić information content (AvgIpc) is 3.40. The Morgan fingerprint density at radius 1 is 1.19 bits per heavy atom. The highest BCUT2D eigenvalue weighted by Gasteiger charge is 2.48. The number of alkyl halides is 1. The molecule has 0 bridgehead atoms. The monoisotopic (exact) mass is 542 g/mol. The number of nitrogens with one attached hydrogen (secondary N) is 2. The van der Waals surface area contributed by atoms with E-state index in [1.165, 1.54) is 0 Å². The number of methoxy groups -OCH3 is 1. The van der Waals surface area contributed by atoms with Crippen LogP contribution in [0.3, 0.4) is 0 Å². The molecule has 3 unspecified atom stereocenters. The lowest BCUT2D eigenvalue weighted by molar-refractivity contribution is -0.127. The zero-order valence-corrected chi connectivity index (χ0v) is 22.5. The Balaban J connectivity index is 1.73. The number of amides is 2. The van der Waals surface area contributed by atoms with Crippen LogP contribution < -0.4 is 15.4 Å². The van der Waals surface area contributed by atoms with E-state index in [0.29, 0.717) is 40.9 Å². The molecule has 3 atom stereocenters. The fourth-order valence-electron chi connectivity index (χ4n) is 5.25. The minimum Gasteiger partial charge on any atom is -0.480 e. The van der Waals surface area contributed by atoms with Gasteiger partial charge in [-0.05, 0) is 44.0 Å². The highest BCUT2D eigenvalue weighted by molar-refractivity contribution is 6.30. The van der Waals surface area contributed by atoms with E-state index in [2.05, 4.69) is 25.2 Å². The number of ether oxygens (including phenoxy) is 1. The van der Waals surface area contributed by atoms with Gasteiger partial charge in [-0.2, -0.15) is 4.98 Å². The summed E-state index contributed by atoms with van der Waals surface area (Å²) in [5.74, 6) is 0.383. The Morgan fingerprint density at radius 3 is 2.57 bits per heavy atom. The number of nitrogens with zero attached hydrogens (tertiary/aromatic N) is 4. The normalized spacial score (nSPS) is 21.3. The van der Waals surface area contributed by atoms with Gasteiger partial charge in [0.05, 0.1) is 41.0 Å². The van der Waals surface area contributed by atoms with Gasteiger partial charge in [-0.25, -0.2) is 4.98 Å². The maximum atomic E-state index is 14.1. The summed E-state index contributed by atoms with van der Waals surface area (Å²) < 4.78 is 7.69. The number of halogens is 2. The van der Waals surface area contributed by atoms with Crippen LogP contribution in [0.25, 0.3) is 11.3 Å². The SMILES string of the molecule is CNc1ncc(-c2cc3c(n2C(C)C)C(c2ccc(Cl)cc2)N(C2CC(Cl)CNC2=O)C3=O)c(OC)n1. The predicted molar refractivity (Wildman–Crippen MR) is 142 cm³/mol. The van der Waals surface area contributed by atoms with Crippen LogP contribution in [-0.4, -0.2) is 63.4 Å². The lowest BCUT2D eigenvalue weighted by atomic mass is 9.98. The van der Waals surface area contributed by atoms with Crippen molar-refractivity contribution in [3.63, 3.8) is 0 Å². The molecule has 1 aromatic carbocycles. The molecular formula is C26H28Cl2N6O3. The summed E-state index contributed by atoms with van der Waals surface area (Å²) in [5, 5.41) is 6.08. The maximum absolute atomic E-state index is 14.1. The quantitative estimate of drug-likeness (QED) is 0.451. The second kappa shape index (κ2) is 9.87. The van der Waals surface area contributed by atoms with E-state index in [-0.39, 0.29) is 23.2 Å². The van der Waals surface area contributed by atoms with Crippen molar-refractivity contribution < 1.29 is 14.3 Å². The van der Waals surface area contributed by atoms with Crippen molar-refractivity contribution in [1.82, 2.24) is 24.8 Å². The standard InChI is InChI=1S/C26H28Cl2N6O3/c1-13(2)33-19(18-12-31-26(29-3)32-24(18)37-4)10-17-22(33)21(14-5-7-15(27)8-6-14)34(25(17)36)20-9-16(28)11-30-23(20)35/h5-8,10,12-13,16,20-21H,9,11H2,1-4H3,(H,30,35)(H,29,31,32). The van der Waals surface area contributed by atoms with Gasteiger partial charge in [0.1, 0.15) is 6.04 Å². The van der Waals surface area contributed by atoms with Gasteiger partial charge in [-0.15, -0.1) is 11.6 Å². The molecule has 0 radical (unpaired) electrons. The van der Waals surface area contributed by atoms with Crippen LogP contribution in [0.2, 0.25) is 5.02 Å². The zero-order chi connectivity index (χ0) is 26.4. The second-order valence-corrected chi connectivity index (χ2v) is 10.5. The lowest BCUT2D eigenvalue weighted by Crippen LogP contribution is -2.55. The van der Waals surface area contributed by atoms with Gasteiger partial charge in [0, 0.05) is 30.9 Å². The molecule has 0 aliphatic carbocycles. The van der Waals surface area contributed by atoms with Crippen LogP contribution in [0.4, 0.5) is 5.95 Å². The second-order valence-electron chi connectivity index (χ2n) is 9.42. The smallest absolute Gasteiger partial charge is 0.257 e. The molecule has 2 amide bonds. The molecule has 11 heteroatoms. The molecule has 1 fully saturated rings. The number of anilines is 1. The molecule has 2 aliphatic heterocycles. The molecule has 0 spiro atoms. The first-order valence-corrected chi connectivity index (χ1v) is 12.9. The van der Waals surface area contributed by atoms with Crippen molar-refractivity contribution in [2.75, 3.05) is 26.0 Å². The summed E-state index contributed by atoms with van der Waals surface area (Å²) in [6.07, 6.45) is 2.06. The number of rotatable bonds is 6. The fourth-order valence-corrected chi connectivity index (χ4v) is 5.62. The fraction of sp³-hybridized carbons (Fsp3) is 0.385. The molecule has 37 heavy (non-hydrogen) atoms. The summed E-state index contributed by atoms with van der Waals surface area (Å²) in [6.45, 7) is 4.47. The van der Waals surface area contributed by atoms with Crippen molar-refractivity contribution in [2.24, 2.45) is 0 Å². The Hall–Kier alpha value is -3.30. The summed E-state index contributed by atoms with van der Waals surface area (Å²) >= 11 is 12.6. The highest BCUT2D eigenvalue weighted by atomic mass is 35.5. The van der Waals surface area contributed by atoms with Gasteiger partial charge in [0.15, 0.2) is 0 Å². The summed E-state index contributed by atoms with van der Waals surface area (Å²) in [7, 11) is 3.28. The van der Waals surface area contributed by atoms with E-state index in [4.69, 9.17) is 27.9 Å². The van der Waals surface area contributed by atoms with Crippen LogP contribution in [-0.2, 0) is 4.79 Å². The predicted octanol–water partition coefficient (Wildman–Crippen LogP) is 4.27. The van der Waals surface area contributed by atoms with Crippen molar-refractivity contribution in [3.05, 3.63) is 58.4 Å². The van der Waals surface area contributed by atoms with Crippen LogP contribution in [0.15, 0.2) is 36.5 Å². The largest absolute Gasteiger partial charge is 0.480 e. The van der Waals surface area contributed by atoms with Crippen molar-refractivity contribution >= 4 is 41.0 Å². The topological polar surface area (TPSA) is 101 Å². The Bertz CT molecular complexity index is 1360. The van der Waals surface area contributed by atoms with E-state index in [9.17, 15) is 9.59 Å². The molecule has 3 aromatic rings. The number of carbonyl (C=O) groups is 2. The molecular weight excluding hydrogens is 515 g/mol. The molecule has 1 saturated heterocycles. The van der Waals surface area contributed by atoms with Gasteiger partial charge in [-0.1, -0.05) is 23.7 Å². The van der Waals surface area contributed by atoms with E-state index in [0.717, 1.165) is 17.0 Å². The summed E-state index contributed by atoms with van der Waals surface area (Å²) in [5.41, 5.74) is 3.58. The van der Waals surface area contributed by atoms with Crippen molar-refractivity contribution in [2.45, 2.75) is 43.8 Å². The molecule has 2 aromatic heterocycles. The number of piperidine rings is 1. The van der Waals surface area contributed by atoms with Gasteiger partial charge < -0.3 is 24.8 Å². The van der Waals surface area contributed by atoms with Crippen molar-refractivity contribution in [3.8, 4) is 17.1 Å². The third kappa shape index (κ3) is 4.30.